The van der Waals surface area contributed by atoms with Crippen molar-refractivity contribution in [3.63, 3.8) is 0 Å². The number of carbonyl (C=O) groups excluding carboxylic acids is 1. The summed E-state index contributed by atoms with van der Waals surface area (Å²) < 4.78 is 18.7. The molecule has 2 aromatic carbocycles. The normalized spacial score (nSPS) is 10.3. The number of halogens is 2. The molecule has 0 aromatic heterocycles. The summed E-state index contributed by atoms with van der Waals surface area (Å²) in [6.07, 6.45) is 0. The molecule has 0 aliphatic rings. The van der Waals surface area contributed by atoms with E-state index in [2.05, 4.69) is 0 Å². The quantitative estimate of drug-likeness (QED) is 0.691. The molecular formula is C15H13ClFNO2. The first-order valence-electron chi connectivity index (χ1n) is 6.05. The van der Waals surface area contributed by atoms with Gasteiger partial charge in [0.05, 0.1) is 12.2 Å². The third-order valence-electron chi connectivity index (χ3n) is 2.75. The molecule has 2 N–H and O–H groups in total. The predicted octanol–water partition coefficient (Wildman–Crippen LogP) is 3.69. The van der Waals surface area contributed by atoms with Crippen LogP contribution < -0.4 is 10.5 Å². The molecule has 20 heavy (non-hydrogen) atoms. The summed E-state index contributed by atoms with van der Waals surface area (Å²) in [4.78, 5) is 12.5. The number of rotatable bonds is 4. The summed E-state index contributed by atoms with van der Waals surface area (Å²) in [6, 6.07) is 8.38. The molecule has 0 aliphatic heterocycles. The fourth-order valence-corrected chi connectivity index (χ4v) is 2.00. The molecule has 0 amide bonds. The first-order valence-corrected chi connectivity index (χ1v) is 6.42. The van der Waals surface area contributed by atoms with Crippen LogP contribution in [-0.4, -0.2) is 12.4 Å². The van der Waals surface area contributed by atoms with Gasteiger partial charge in [0, 0.05) is 16.3 Å². The van der Waals surface area contributed by atoms with E-state index in [0.717, 1.165) is 6.07 Å². The van der Waals surface area contributed by atoms with Crippen molar-refractivity contribution in [2.45, 2.75) is 6.92 Å². The van der Waals surface area contributed by atoms with Crippen molar-refractivity contribution in [1.82, 2.24) is 0 Å². The Morgan fingerprint density at radius 3 is 2.70 bits per heavy atom. The van der Waals surface area contributed by atoms with E-state index in [4.69, 9.17) is 22.1 Å². The van der Waals surface area contributed by atoms with Crippen LogP contribution in [0.4, 0.5) is 10.1 Å². The predicted molar refractivity (Wildman–Crippen MR) is 76.9 cm³/mol. The summed E-state index contributed by atoms with van der Waals surface area (Å²) >= 11 is 5.87. The third kappa shape index (κ3) is 2.91. The van der Waals surface area contributed by atoms with E-state index in [1.807, 2.05) is 0 Å². The average molecular weight is 294 g/mol. The van der Waals surface area contributed by atoms with Crippen LogP contribution in [0.1, 0.15) is 22.8 Å². The Bertz CT molecular complexity index is 658. The molecule has 0 atom stereocenters. The lowest BCUT2D eigenvalue weighted by molar-refractivity contribution is 0.103. The van der Waals surface area contributed by atoms with Gasteiger partial charge in [0.25, 0.3) is 0 Å². The number of benzene rings is 2. The highest BCUT2D eigenvalue weighted by molar-refractivity contribution is 6.31. The Morgan fingerprint density at radius 2 is 2.00 bits per heavy atom. The van der Waals surface area contributed by atoms with E-state index < -0.39 is 11.6 Å². The zero-order valence-corrected chi connectivity index (χ0v) is 11.6. The third-order valence-corrected chi connectivity index (χ3v) is 2.98. The first kappa shape index (κ1) is 14.3. The zero-order valence-electron chi connectivity index (χ0n) is 10.8. The number of anilines is 1. The van der Waals surface area contributed by atoms with Gasteiger partial charge in [-0.1, -0.05) is 11.6 Å². The standard InChI is InChI=1S/C15H13ClFNO2/c1-2-20-14-6-4-10(17)8-12(14)15(19)11-7-9(16)3-5-13(11)18/h3-8H,2,18H2,1H3. The fraction of sp³-hybridized carbons (Fsp3) is 0.133. The molecule has 0 heterocycles. The maximum absolute atomic E-state index is 13.4. The van der Waals surface area contributed by atoms with Gasteiger partial charge in [-0.15, -0.1) is 0 Å². The Labute approximate surface area is 121 Å². The number of nitrogen functional groups attached to an aromatic ring is 1. The highest BCUT2D eigenvalue weighted by Gasteiger charge is 2.18. The Kier molecular flexibility index (Phi) is 4.25. The van der Waals surface area contributed by atoms with Crippen molar-refractivity contribution in [3.8, 4) is 5.75 Å². The number of nitrogens with two attached hydrogens (primary N) is 1. The summed E-state index contributed by atoms with van der Waals surface area (Å²) in [5, 5.41) is 0.386. The molecule has 5 heteroatoms. The molecule has 104 valence electrons. The summed E-state index contributed by atoms with van der Waals surface area (Å²) in [7, 11) is 0. The number of ketones is 1. The summed E-state index contributed by atoms with van der Waals surface area (Å²) in [5.74, 6) is -0.622. The van der Waals surface area contributed by atoms with Gasteiger partial charge in [0.1, 0.15) is 11.6 Å². The lowest BCUT2D eigenvalue weighted by Gasteiger charge is -2.11. The lowest BCUT2D eigenvalue weighted by atomic mass is 10.0. The van der Waals surface area contributed by atoms with Gasteiger partial charge >= 0.3 is 0 Å². The van der Waals surface area contributed by atoms with Crippen molar-refractivity contribution in [1.29, 1.82) is 0 Å². The molecule has 0 bridgehead atoms. The van der Waals surface area contributed by atoms with E-state index in [0.29, 0.717) is 17.4 Å². The van der Waals surface area contributed by atoms with Gasteiger partial charge < -0.3 is 10.5 Å². The van der Waals surface area contributed by atoms with Crippen LogP contribution in [0.3, 0.4) is 0 Å². The molecule has 0 fully saturated rings. The van der Waals surface area contributed by atoms with E-state index >= 15 is 0 Å². The molecule has 3 nitrogen and oxygen atoms in total. The topological polar surface area (TPSA) is 52.3 Å². The molecule has 2 aromatic rings. The SMILES string of the molecule is CCOc1ccc(F)cc1C(=O)c1cc(Cl)ccc1N. The average Bonchev–Trinajstić information content (AvgIpc) is 2.43. The number of carbonyl (C=O) groups is 1. The van der Waals surface area contributed by atoms with Gasteiger partial charge in [-0.3, -0.25) is 4.79 Å². The van der Waals surface area contributed by atoms with E-state index in [-0.39, 0.29) is 16.8 Å². The Hall–Kier alpha value is -2.07. The van der Waals surface area contributed by atoms with Crippen LogP contribution in [0.2, 0.25) is 5.02 Å². The van der Waals surface area contributed by atoms with Gasteiger partial charge in [-0.25, -0.2) is 4.39 Å². The first-order chi connectivity index (χ1) is 9.52. The van der Waals surface area contributed by atoms with Crippen molar-refractivity contribution >= 4 is 23.1 Å². The van der Waals surface area contributed by atoms with Crippen molar-refractivity contribution in [2.75, 3.05) is 12.3 Å². The minimum atomic E-state index is -0.516. The molecule has 0 unspecified atom stereocenters. The Morgan fingerprint density at radius 1 is 1.25 bits per heavy atom. The van der Waals surface area contributed by atoms with E-state index in [9.17, 15) is 9.18 Å². The molecule has 0 radical (unpaired) electrons. The van der Waals surface area contributed by atoms with Crippen LogP contribution in [0, 0.1) is 5.82 Å². The maximum Gasteiger partial charge on any atom is 0.198 e. The van der Waals surface area contributed by atoms with Crippen molar-refractivity contribution in [3.05, 3.63) is 58.4 Å². The number of ether oxygens (including phenoxy) is 1. The van der Waals surface area contributed by atoms with E-state index in [1.54, 1.807) is 13.0 Å². The highest BCUT2D eigenvalue weighted by Crippen LogP contribution is 2.27. The molecule has 0 saturated carbocycles. The zero-order chi connectivity index (χ0) is 14.7. The monoisotopic (exact) mass is 293 g/mol. The second kappa shape index (κ2) is 5.92. The largest absolute Gasteiger partial charge is 0.493 e. The van der Waals surface area contributed by atoms with Crippen LogP contribution in [0.15, 0.2) is 36.4 Å². The molecule has 0 spiro atoms. The van der Waals surface area contributed by atoms with Crippen molar-refractivity contribution < 1.29 is 13.9 Å². The Balaban J connectivity index is 2.52. The second-order valence-electron chi connectivity index (χ2n) is 4.13. The van der Waals surface area contributed by atoms with Crippen LogP contribution in [-0.2, 0) is 0 Å². The second-order valence-corrected chi connectivity index (χ2v) is 4.57. The maximum atomic E-state index is 13.4. The lowest BCUT2D eigenvalue weighted by Crippen LogP contribution is -2.08. The minimum Gasteiger partial charge on any atom is -0.493 e. The minimum absolute atomic E-state index is 0.126. The van der Waals surface area contributed by atoms with E-state index in [1.165, 1.54) is 24.3 Å². The summed E-state index contributed by atoms with van der Waals surface area (Å²) in [5.41, 5.74) is 6.41. The number of hydrogen-bond donors (Lipinski definition) is 1. The summed E-state index contributed by atoms with van der Waals surface area (Å²) in [6.45, 7) is 2.16. The fourth-order valence-electron chi connectivity index (χ4n) is 1.83. The van der Waals surface area contributed by atoms with Gasteiger partial charge in [-0.05, 0) is 43.3 Å². The number of hydrogen-bond acceptors (Lipinski definition) is 3. The molecule has 0 saturated heterocycles. The van der Waals surface area contributed by atoms with Gasteiger partial charge in [0.2, 0.25) is 0 Å². The smallest absolute Gasteiger partial charge is 0.198 e. The molecule has 0 aliphatic carbocycles. The molecular weight excluding hydrogens is 281 g/mol. The highest BCUT2D eigenvalue weighted by atomic mass is 35.5. The molecule has 2 rings (SSSR count). The van der Waals surface area contributed by atoms with Crippen LogP contribution in [0.5, 0.6) is 5.75 Å². The van der Waals surface area contributed by atoms with Gasteiger partial charge in [0.15, 0.2) is 5.78 Å². The van der Waals surface area contributed by atoms with Crippen LogP contribution in [0.25, 0.3) is 0 Å². The van der Waals surface area contributed by atoms with Gasteiger partial charge in [-0.2, -0.15) is 0 Å². The van der Waals surface area contributed by atoms with Crippen molar-refractivity contribution in [2.24, 2.45) is 0 Å². The van der Waals surface area contributed by atoms with Crippen LogP contribution >= 0.6 is 11.6 Å².